The van der Waals surface area contributed by atoms with E-state index >= 15 is 0 Å². The number of carbonyl (C=O) groups is 1. The van der Waals surface area contributed by atoms with Gasteiger partial charge in [0.05, 0.1) is 0 Å². The van der Waals surface area contributed by atoms with Crippen molar-refractivity contribution in [2.75, 3.05) is 24.7 Å². The minimum atomic E-state index is -3.57. The van der Waals surface area contributed by atoms with Crippen molar-refractivity contribution in [1.82, 2.24) is 5.32 Å². The minimum Gasteiger partial charge on any atom is -0.457 e. The fourth-order valence-electron chi connectivity index (χ4n) is 3.11. The molecule has 28 heavy (non-hydrogen) atoms. The third-order valence-electron chi connectivity index (χ3n) is 4.68. The molecule has 0 saturated carbocycles. The molecule has 1 fully saturated rings. The number of halogens is 2. The number of sulfone groups is 1. The van der Waals surface area contributed by atoms with E-state index in [9.17, 15) is 17.6 Å². The first-order valence-electron chi connectivity index (χ1n) is 8.55. The Hall–Kier alpha value is -2.16. The first kappa shape index (κ1) is 22.1. The minimum absolute atomic E-state index is 0. The molecule has 1 amide bonds. The van der Waals surface area contributed by atoms with Crippen LogP contribution in [0.2, 0.25) is 0 Å². The van der Waals surface area contributed by atoms with E-state index in [0.717, 1.165) is 6.26 Å². The van der Waals surface area contributed by atoms with E-state index in [1.54, 1.807) is 36.4 Å². The molecular weight excluding hydrogens is 407 g/mol. The zero-order valence-corrected chi connectivity index (χ0v) is 16.9. The Bertz CT molecular complexity index is 929. The lowest BCUT2D eigenvalue weighted by molar-refractivity contribution is -0.119. The van der Waals surface area contributed by atoms with Gasteiger partial charge in [0, 0.05) is 18.0 Å². The van der Waals surface area contributed by atoms with Gasteiger partial charge in [-0.1, -0.05) is 6.07 Å². The predicted molar refractivity (Wildman–Crippen MR) is 108 cm³/mol. The van der Waals surface area contributed by atoms with E-state index in [4.69, 9.17) is 4.74 Å². The third-order valence-corrected chi connectivity index (χ3v) is 6.69. The topological polar surface area (TPSA) is 84.5 Å². The highest BCUT2D eigenvalue weighted by atomic mass is 35.5. The molecule has 0 aromatic heterocycles. The Morgan fingerprint density at radius 3 is 2.32 bits per heavy atom. The van der Waals surface area contributed by atoms with Crippen molar-refractivity contribution in [3.63, 3.8) is 0 Å². The normalized spacial score (nSPS) is 15.9. The highest BCUT2D eigenvalue weighted by Crippen LogP contribution is 2.30. The van der Waals surface area contributed by atoms with E-state index in [2.05, 4.69) is 10.6 Å². The standard InChI is InChI=1S/C19H21FN2O4S.ClH/c1-27(24,25)19(9-11-21-12-10-19)18(23)22-15-5-7-16(8-6-15)26-17-4-2-3-14(20)13-17;/h2-8,13,21H,9-12H2,1H3,(H,22,23);1H. The van der Waals surface area contributed by atoms with E-state index in [1.165, 1.54) is 12.1 Å². The van der Waals surface area contributed by atoms with Gasteiger partial charge in [0.1, 0.15) is 17.3 Å². The molecule has 152 valence electrons. The molecule has 1 saturated heterocycles. The summed E-state index contributed by atoms with van der Waals surface area (Å²) < 4.78 is 41.9. The molecule has 1 aliphatic rings. The van der Waals surface area contributed by atoms with Crippen LogP contribution < -0.4 is 15.4 Å². The summed E-state index contributed by atoms with van der Waals surface area (Å²) in [7, 11) is -3.57. The Morgan fingerprint density at radius 1 is 1.11 bits per heavy atom. The van der Waals surface area contributed by atoms with Crippen molar-refractivity contribution in [3.05, 3.63) is 54.3 Å². The highest BCUT2D eigenvalue weighted by molar-refractivity contribution is 7.92. The van der Waals surface area contributed by atoms with Crippen molar-refractivity contribution in [1.29, 1.82) is 0 Å². The maximum atomic E-state index is 13.2. The van der Waals surface area contributed by atoms with Gasteiger partial charge in [0.25, 0.3) is 0 Å². The van der Waals surface area contributed by atoms with Gasteiger partial charge in [-0.3, -0.25) is 4.79 Å². The summed E-state index contributed by atoms with van der Waals surface area (Å²) >= 11 is 0. The zero-order valence-electron chi connectivity index (χ0n) is 15.3. The average molecular weight is 429 g/mol. The Morgan fingerprint density at radius 2 is 1.75 bits per heavy atom. The van der Waals surface area contributed by atoms with Crippen LogP contribution in [0, 0.1) is 5.82 Å². The summed E-state index contributed by atoms with van der Waals surface area (Å²) in [4.78, 5) is 12.8. The predicted octanol–water partition coefficient (Wildman–Crippen LogP) is 3.15. The van der Waals surface area contributed by atoms with Crippen molar-refractivity contribution >= 4 is 33.8 Å². The number of hydrogen-bond acceptors (Lipinski definition) is 5. The monoisotopic (exact) mass is 428 g/mol. The molecule has 0 bridgehead atoms. The van der Waals surface area contributed by atoms with Crippen LogP contribution in [0.4, 0.5) is 10.1 Å². The van der Waals surface area contributed by atoms with Crippen molar-refractivity contribution < 1.29 is 22.3 Å². The van der Waals surface area contributed by atoms with Gasteiger partial charge in [0.2, 0.25) is 5.91 Å². The average Bonchev–Trinajstić information content (AvgIpc) is 2.63. The number of benzene rings is 2. The largest absolute Gasteiger partial charge is 0.457 e. The number of carbonyl (C=O) groups excluding carboxylic acids is 1. The molecule has 6 nitrogen and oxygen atoms in total. The molecule has 0 radical (unpaired) electrons. The van der Waals surface area contributed by atoms with Crippen LogP contribution in [-0.2, 0) is 14.6 Å². The zero-order chi connectivity index (χ0) is 19.5. The Balaban J connectivity index is 0.00000280. The fraction of sp³-hybridized carbons (Fsp3) is 0.316. The lowest BCUT2D eigenvalue weighted by atomic mass is 9.95. The van der Waals surface area contributed by atoms with Gasteiger partial charge < -0.3 is 15.4 Å². The van der Waals surface area contributed by atoms with E-state index < -0.39 is 26.3 Å². The second-order valence-corrected chi connectivity index (χ2v) is 8.88. The van der Waals surface area contributed by atoms with E-state index in [1.807, 2.05) is 0 Å². The second-order valence-electron chi connectivity index (χ2n) is 6.55. The first-order chi connectivity index (χ1) is 12.8. The Kier molecular flexibility index (Phi) is 7.03. The number of nitrogens with one attached hydrogen (secondary N) is 2. The SMILES string of the molecule is CS(=O)(=O)C1(C(=O)Nc2ccc(Oc3cccc(F)c3)cc2)CCNCC1.Cl. The van der Waals surface area contributed by atoms with Crippen molar-refractivity contribution in [3.8, 4) is 11.5 Å². The number of piperidine rings is 1. The lowest BCUT2D eigenvalue weighted by Crippen LogP contribution is -2.55. The van der Waals surface area contributed by atoms with Crippen LogP contribution in [-0.4, -0.2) is 38.4 Å². The summed E-state index contributed by atoms with van der Waals surface area (Å²) in [6.45, 7) is 0.946. The summed E-state index contributed by atoms with van der Waals surface area (Å²) in [5.41, 5.74) is 0.466. The van der Waals surface area contributed by atoms with Gasteiger partial charge in [0.15, 0.2) is 14.6 Å². The van der Waals surface area contributed by atoms with Crippen LogP contribution in [0.3, 0.4) is 0 Å². The van der Waals surface area contributed by atoms with Crippen molar-refractivity contribution in [2.45, 2.75) is 17.6 Å². The lowest BCUT2D eigenvalue weighted by Gasteiger charge is -2.34. The van der Waals surface area contributed by atoms with Crippen molar-refractivity contribution in [2.24, 2.45) is 0 Å². The number of ether oxygens (including phenoxy) is 1. The van der Waals surface area contributed by atoms with Crippen LogP contribution >= 0.6 is 12.4 Å². The summed E-state index contributed by atoms with van der Waals surface area (Å²) in [5, 5.41) is 5.78. The molecule has 2 aromatic rings. The highest BCUT2D eigenvalue weighted by Gasteiger charge is 2.48. The van der Waals surface area contributed by atoms with Gasteiger partial charge in [-0.25, -0.2) is 12.8 Å². The second kappa shape index (κ2) is 8.89. The molecule has 2 aromatic carbocycles. The molecule has 3 rings (SSSR count). The van der Waals surface area contributed by atoms with Gasteiger partial charge in [-0.15, -0.1) is 12.4 Å². The quantitative estimate of drug-likeness (QED) is 0.764. The first-order valence-corrected chi connectivity index (χ1v) is 10.4. The molecule has 0 spiro atoms. The number of hydrogen-bond donors (Lipinski definition) is 2. The summed E-state index contributed by atoms with van der Waals surface area (Å²) in [6, 6.07) is 12.2. The van der Waals surface area contributed by atoms with E-state index in [0.29, 0.717) is 30.3 Å². The molecule has 0 unspecified atom stereocenters. The number of anilines is 1. The molecule has 0 atom stereocenters. The summed E-state index contributed by atoms with van der Waals surface area (Å²) in [5.74, 6) is -0.0921. The van der Waals surface area contributed by atoms with Gasteiger partial charge in [-0.05, 0) is 62.3 Å². The molecule has 2 N–H and O–H groups in total. The molecule has 1 heterocycles. The molecule has 1 aliphatic heterocycles. The number of rotatable bonds is 5. The molecular formula is C19H22ClFN2O4S. The van der Waals surface area contributed by atoms with Crippen LogP contribution in [0.1, 0.15) is 12.8 Å². The maximum absolute atomic E-state index is 13.2. The Labute approximate surface area is 169 Å². The maximum Gasteiger partial charge on any atom is 0.245 e. The number of amides is 1. The third kappa shape index (κ3) is 4.81. The fourth-order valence-corrected chi connectivity index (χ4v) is 4.45. The molecule has 0 aliphatic carbocycles. The smallest absolute Gasteiger partial charge is 0.245 e. The van der Waals surface area contributed by atoms with E-state index in [-0.39, 0.29) is 25.2 Å². The summed E-state index contributed by atoms with van der Waals surface area (Å²) in [6.07, 6.45) is 1.57. The van der Waals surface area contributed by atoms with Crippen LogP contribution in [0.5, 0.6) is 11.5 Å². The molecule has 9 heteroatoms. The van der Waals surface area contributed by atoms with Crippen LogP contribution in [0.25, 0.3) is 0 Å². The van der Waals surface area contributed by atoms with Crippen LogP contribution in [0.15, 0.2) is 48.5 Å². The van der Waals surface area contributed by atoms with Gasteiger partial charge in [-0.2, -0.15) is 0 Å². The van der Waals surface area contributed by atoms with Gasteiger partial charge >= 0.3 is 0 Å².